The Morgan fingerprint density at radius 2 is 1.81 bits per heavy atom. The van der Waals surface area contributed by atoms with Crippen molar-refractivity contribution in [3.63, 3.8) is 0 Å². The number of Topliss-reactive ketones (excluding diaryl/α,β-unsaturated/α-hetero) is 2. The minimum Gasteiger partial charge on any atom is -0.457 e. The molecule has 0 amide bonds. The van der Waals surface area contributed by atoms with Gasteiger partial charge in [-0.1, -0.05) is 0 Å². The molecule has 0 saturated carbocycles. The SMILES string of the molecule is CC(=O)C(=O)OC[C@H]1O[C@@H](n2ccc(=O)[nH]c2=O)[C@H](OC(=O)C(C)=O)[C@@H]1O. The predicted octanol–water partition coefficient (Wildman–Crippen LogP) is -2.57. The van der Waals surface area contributed by atoms with Crippen LogP contribution in [0.3, 0.4) is 0 Å². The number of ether oxygens (including phenoxy) is 3. The number of nitrogens with zero attached hydrogens (tertiary/aromatic N) is 1. The minimum absolute atomic E-state index is 0.581. The van der Waals surface area contributed by atoms with E-state index < -0.39 is 65.9 Å². The highest BCUT2D eigenvalue weighted by atomic mass is 16.6. The Morgan fingerprint density at radius 3 is 2.37 bits per heavy atom. The monoisotopic (exact) mass is 384 g/mol. The number of carbonyl (C=O) groups excluding carboxylic acids is 4. The fourth-order valence-electron chi connectivity index (χ4n) is 2.30. The van der Waals surface area contributed by atoms with Crippen molar-refractivity contribution in [3.8, 4) is 0 Å². The van der Waals surface area contributed by atoms with E-state index in [2.05, 4.69) is 4.74 Å². The molecule has 4 atom stereocenters. The second kappa shape index (κ2) is 8.05. The summed E-state index contributed by atoms with van der Waals surface area (Å²) in [7, 11) is 0. The number of aromatic amines is 1. The molecular formula is C15H16N2O10. The average Bonchev–Trinajstić information content (AvgIpc) is 2.88. The summed E-state index contributed by atoms with van der Waals surface area (Å²) in [5.41, 5.74) is -1.62. The summed E-state index contributed by atoms with van der Waals surface area (Å²) in [6, 6.07) is 0.990. The topological polar surface area (TPSA) is 171 Å². The predicted molar refractivity (Wildman–Crippen MR) is 83.4 cm³/mol. The molecule has 146 valence electrons. The number of rotatable bonds is 6. The van der Waals surface area contributed by atoms with Gasteiger partial charge in [-0.05, 0) is 0 Å². The van der Waals surface area contributed by atoms with Crippen LogP contribution < -0.4 is 11.2 Å². The number of carbonyl (C=O) groups is 4. The lowest BCUT2D eigenvalue weighted by atomic mass is 10.1. The highest BCUT2D eigenvalue weighted by molar-refractivity contribution is 6.32. The number of nitrogens with one attached hydrogen (secondary N) is 1. The molecule has 12 heteroatoms. The fraction of sp³-hybridized carbons (Fsp3) is 0.467. The molecular weight excluding hydrogens is 368 g/mol. The molecule has 0 aliphatic carbocycles. The standard InChI is InChI=1S/C15H16N2O10/c1-6(18)13(22)25-5-8-10(21)11(27-14(23)7(2)19)12(26-8)17-4-3-9(20)16-15(17)24/h3-4,8,10-12,21H,5H2,1-2H3,(H,16,20,24)/t8-,10-,11-,12-/m1/s1. The number of H-pyrrole nitrogens is 1. The Labute approximate surface area is 150 Å². The second-order valence-electron chi connectivity index (χ2n) is 5.65. The first-order chi connectivity index (χ1) is 12.6. The second-order valence-corrected chi connectivity index (χ2v) is 5.65. The van der Waals surface area contributed by atoms with Crippen LogP contribution >= 0.6 is 0 Å². The van der Waals surface area contributed by atoms with Gasteiger partial charge < -0.3 is 19.3 Å². The normalized spacial score (nSPS) is 24.3. The number of hydrogen-bond acceptors (Lipinski definition) is 10. The fourth-order valence-corrected chi connectivity index (χ4v) is 2.30. The molecule has 0 aromatic carbocycles. The molecule has 0 bridgehead atoms. The Morgan fingerprint density at radius 1 is 1.19 bits per heavy atom. The number of aromatic nitrogens is 2. The molecule has 0 unspecified atom stereocenters. The van der Waals surface area contributed by atoms with Crippen LogP contribution in [0.4, 0.5) is 0 Å². The average molecular weight is 384 g/mol. The van der Waals surface area contributed by atoms with Crippen molar-refractivity contribution >= 4 is 23.5 Å². The van der Waals surface area contributed by atoms with Crippen molar-refractivity contribution in [1.82, 2.24) is 9.55 Å². The quantitative estimate of drug-likeness (QED) is 0.392. The number of hydrogen-bond donors (Lipinski definition) is 2. The molecule has 1 aromatic heterocycles. The van der Waals surface area contributed by atoms with E-state index >= 15 is 0 Å². The molecule has 0 radical (unpaired) electrons. The van der Waals surface area contributed by atoms with E-state index in [0.29, 0.717) is 0 Å². The van der Waals surface area contributed by atoms with E-state index in [0.717, 1.165) is 30.7 Å². The number of aliphatic hydroxyl groups excluding tert-OH is 1. The largest absolute Gasteiger partial charge is 0.457 e. The maximum absolute atomic E-state index is 12.0. The van der Waals surface area contributed by atoms with E-state index in [1.165, 1.54) is 0 Å². The van der Waals surface area contributed by atoms with Gasteiger partial charge in [0.15, 0.2) is 12.3 Å². The van der Waals surface area contributed by atoms with E-state index in [4.69, 9.17) is 9.47 Å². The van der Waals surface area contributed by atoms with Crippen LogP contribution in [0.15, 0.2) is 21.9 Å². The number of esters is 2. The van der Waals surface area contributed by atoms with Crippen molar-refractivity contribution in [3.05, 3.63) is 33.1 Å². The summed E-state index contributed by atoms with van der Waals surface area (Å²) in [5, 5.41) is 10.3. The zero-order chi connectivity index (χ0) is 20.3. The van der Waals surface area contributed by atoms with Gasteiger partial charge in [0, 0.05) is 26.1 Å². The van der Waals surface area contributed by atoms with Gasteiger partial charge in [-0.25, -0.2) is 14.4 Å². The Kier molecular flexibility index (Phi) is 6.02. The van der Waals surface area contributed by atoms with Crippen molar-refractivity contribution in [2.24, 2.45) is 0 Å². The Hall–Kier alpha value is -3.12. The molecule has 1 aliphatic rings. The summed E-state index contributed by atoms with van der Waals surface area (Å²) >= 11 is 0. The molecule has 0 spiro atoms. The van der Waals surface area contributed by atoms with Crippen molar-refractivity contribution < 1.29 is 38.5 Å². The summed E-state index contributed by atoms with van der Waals surface area (Å²) in [6.45, 7) is 1.34. The third-order valence-corrected chi connectivity index (χ3v) is 3.63. The van der Waals surface area contributed by atoms with Gasteiger partial charge in [0.2, 0.25) is 11.6 Å². The van der Waals surface area contributed by atoms with E-state index in [-0.39, 0.29) is 0 Å². The third-order valence-electron chi connectivity index (χ3n) is 3.63. The first-order valence-corrected chi connectivity index (χ1v) is 7.66. The van der Waals surface area contributed by atoms with Crippen LogP contribution in [0.2, 0.25) is 0 Å². The Balaban J connectivity index is 2.30. The molecule has 1 aliphatic heterocycles. The van der Waals surface area contributed by atoms with Crippen LogP contribution in [-0.4, -0.2) is 63.1 Å². The number of aliphatic hydroxyl groups is 1. The number of ketones is 2. The molecule has 12 nitrogen and oxygen atoms in total. The third kappa shape index (κ3) is 4.54. The molecule has 1 fully saturated rings. The van der Waals surface area contributed by atoms with E-state index in [1.54, 1.807) is 0 Å². The van der Waals surface area contributed by atoms with Gasteiger partial charge in [-0.15, -0.1) is 0 Å². The van der Waals surface area contributed by atoms with Crippen molar-refractivity contribution in [2.45, 2.75) is 38.4 Å². The molecule has 2 N–H and O–H groups in total. The van der Waals surface area contributed by atoms with Crippen LogP contribution in [0.25, 0.3) is 0 Å². The highest BCUT2D eigenvalue weighted by Crippen LogP contribution is 2.31. The lowest BCUT2D eigenvalue weighted by molar-refractivity contribution is -0.164. The van der Waals surface area contributed by atoms with Crippen LogP contribution in [0, 0.1) is 0 Å². The molecule has 1 saturated heterocycles. The van der Waals surface area contributed by atoms with Crippen LogP contribution in [0.5, 0.6) is 0 Å². The first kappa shape index (κ1) is 20.2. The van der Waals surface area contributed by atoms with Crippen molar-refractivity contribution in [2.75, 3.05) is 6.61 Å². The lowest BCUT2D eigenvalue weighted by Crippen LogP contribution is -2.41. The highest BCUT2D eigenvalue weighted by Gasteiger charge is 2.48. The zero-order valence-electron chi connectivity index (χ0n) is 14.2. The lowest BCUT2D eigenvalue weighted by Gasteiger charge is -2.21. The zero-order valence-corrected chi connectivity index (χ0v) is 14.2. The summed E-state index contributed by atoms with van der Waals surface area (Å²) in [6.07, 6.45) is -4.78. The smallest absolute Gasteiger partial charge is 0.374 e. The summed E-state index contributed by atoms with van der Waals surface area (Å²) in [5.74, 6) is -4.30. The maximum Gasteiger partial charge on any atom is 0.374 e. The van der Waals surface area contributed by atoms with E-state index in [9.17, 15) is 33.9 Å². The molecule has 1 aromatic rings. The van der Waals surface area contributed by atoms with E-state index in [1.807, 2.05) is 4.98 Å². The maximum atomic E-state index is 12.0. The van der Waals surface area contributed by atoms with Gasteiger partial charge >= 0.3 is 17.6 Å². The molecule has 2 rings (SSSR count). The van der Waals surface area contributed by atoms with Gasteiger partial charge in [0.25, 0.3) is 5.56 Å². The van der Waals surface area contributed by atoms with Gasteiger partial charge in [0.1, 0.15) is 18.8 Å². The van der Waals surface area contributed by atoms with Gasteiger partial charge in [0.05, 0.1) is 0 Å². The van der Waals surface area contributed by atoms with Gasteiger partial charge in [-0.3, -0.25) is 23.9 Å². The Bertz CT molecular complexity index is 885. The molecule has 2 heterocycles. The van der Waals surface area contributed by atoms with Crippen LogP contribution in [-0.2, 0) is 33.4 Å². The minimum atomic E-state index is -1.60. The van der Waals surface area contributed by atoms with Crippen LogP contribution in [0.1, 0.15) is 20.1 Å². The summed E-state index contributed by atoms with van der Waals surface area (Å²) < 4.78 is 15.8. The van der Waals surface area contributed by atoms with Gasteiger partial charge in [-0.2, -0.15) is 0 Å². The first-order valence-electron chi connectivity index (χ1n) is 7.66. The summed E-state index contributed by atoms with van der Waals surface area (Å²) in [4.78, 5) is 70.1. The van der Waals surface area contributed by atoms with Crippen molar-refractivity contribution in [1.29, 1.82) is 0 Å². The molecule has 27 heavy (non-hydrogen) atoms.